The maximum Gasteiger partial charge on any atom is 0.335 e. The molecule has 0 bridgehead atoms. The van der Waals surface area contributed by atoms with Gasteiger partial charge in [0.05, 0.1) is 5.57 Å². The second-order valence-electron chi connectivity index (χ2n) is 2.74. The highest BCUT2D eigenvalue weighted by atomic mass is 16.4. The third-order valence-electron chi connectivity index (χ3n) is 1.79. The van der Waals surface area contributed by atoms with Crippen LogP contribution in [-0.4, -0.2) is 11.1 Å². The highest BCUT2D eigenvalue weighted by molar-refractivity contribution is 5.90. The van der Waals surface area contributed by atoms with Crippen LogP contribution in [0.25, 0.3) is 0 Å². The van der Waals surface area contributed by atoms with Crippen molar-refractivity contribution in [3.05, 3.63) is 23.8 Å². The van der Waals surface area contributed by atoms with Crippen LogP contribution in [0.3, 0.4) is 0 Å². The minimum absolute atomic E-state index is 0.353. The van der Waals surface area contributed by atoms with E-state index in [1.807, 2.05) is 12.2 Å². The zero-order chi connectivity index (χ0) is 8.27. The Morgan fingerprint density at radius 3 is 2.91 bits per heavy atom. The summed E-state index contributed by atoms with van der Waals surface area (Å²) in [6, 6.07) is 0. The van der Waals surface area contributed by atoms with Gasteiger partial charge in [0, 0.05) is 0 Å². The predicted octanol–water partition coefficient (Wildman–Crippen LogP) is 1.98. The smallest absolute Gasteiger partial charge is 0.335 e. The lowest BCUT2D eigenvalue weighted by Crippen LogP contribution is -1.95. The summed E-state index contributed by atoms with van der Waals surface area (Å²) in [6.07, 6.45) is 7.59. The van der Waals surface area contributed by atoms with Crippen molar-refractivity contribution in [2.75, 3.05) is 0 Å². The average Bonchev–Trinajstić information content (AvgIpc) is 2.37. The standard InChI is InChI=1S/C9H12O2/c1-2-3-7-4-5-8(6-7)9(10)11/h4-7H,2-3H2,1H3,(H,10,11). The second-order valence-corrected chi connectivity index (χ2v) is 2.74. The van der Waals surface area contributed by atoms with Gasteiger partial charge in [-0.15, -0.1) is 0 Å². The molecule has 1 N–H and O–H groups in total. The fourth-order valence-corrected chi connectivity index (χ4v) is 1.22. The first-order valence-corrected chi connectivity index (χ1v) is 3.87. The molecule has 0 fully saturated rings. The molecule has 2 heteroatoms. The SMILES string of the molecule is CCCC1C=CC(C(=O)O)=C1. The van der Waals surface area contributed by atoms with Gasteiger partial charge in [-0.05, 0) is 12.3 Å². The number of rotatable bonds is 3. The molecule has 0 aromatic heterocycles. The third kappa shape index (κ3) is 1.93. The molecule has 1 rings (SSSR count). The van der Waals surface area contributed by atoms with E-state index >= 15 is 0 Å². The van der Waals surface area contributed by atoms with Crippen LogP contribution in [0, 0.1) is 5.92 Å². The van der Waals surface area contributed by atoms with E-state index in [1.165, 1.54) is 0 Å². The highest BCUT2D eigenvalue weighted by Gasteiger charge is 2.12. The number of hydrogen-bond acceptors (Lipinski definition) is 1. The molecule has 0 amide bonds. The third-order valence-corrected chi connectivity index (χ3v) is 1.79. The normalized spacial score (nSPS) is 21.9. The van der Waals surface area contributed by atoms with Gasteiger partial charge in [0.15, 0.2) is 0 Å². The second kappa shape index (κ2) is 3.37. The summed E-state index contributed by atoms with van der Waals surface area (Å²) in [5, 5.41) is 8.58. The minimum Gasteiger partial charge on any atom is -0.478 e. The summed E-state index contributed by atoms with van der Waals surface area (Å²) in [6.45, 7) is 2.10. The van der Waals surface area contributed by atoms with E-state index < -0.39 is 5.97 Å². The van der Waals surface area contributed by atoms with Crippen molar-refractivity contribution in [2.45, 2.75) is 19.8 Å². The lowest BCUT2D eigenvalue weighted by atomic mass is 10.1. The number of allylic oxidation sites excluding steroid dienone is 2. The van der Waals surface area contributed by atoms with Gasteiger partial charge in [-0.2, -0.15) is 0 Å². The first-order chi connectivity index (χ1) is 5.24. The summed E-state index contributed by atoms with van der Waals surface area (Å²) in [7, 11) is 0. The molecule has 1 atom stereocenters. The Hall–Kier alpha value is -1.05. The first-order valence-electron chi connectivity index (χ1n) is 3.87. The van der Waals surface area contributed by atoms with E-state index in [4.69, 9.17) is 5.11 Å². The summed E-state index contributed by atoms with van der Waals surface area (Å²) < 4.78 is 0. The maximum absolute atomic E-state index is 10.4. The lowest BCUT2D eigenvalue weighted by Gasteiger charge is -1.99. The quantitative estimate of drug-likeness (QED) is 0.671. The molecule has 0 saturated carbocycles. The Kier molecular flexibility index (Phi) is 2.47. The van der Waals surface area contributed by atoms with Crippen LogP contribution in [0.4, 0.5) is 0 Å². The maximum atomic E-state index is 10.4. The Bertz CT molecular complexity index is 214. The summed E-state index contributed by atoms with van der Waals surface area (Å²) >= 11 is 0. The molecule has 0 heterocycles. The molecule has 0 aromatic rings. The van der Waals surface area contributed by atoms with E-state index in [9.17, 15) is 4.79 Å². The van der Waals surface area contributed by atoms with Gasteiger partial charge < -0.3 is 5.11 Å². The average molecular weight is 152 g/mol. The zero-order valence-corrected chi connectivity index (χ0v) is 6.58. The molecule has 0 radical (unpaired) electrons. The van der Waals surface area contributed by atoms with Crippen molar-refractivity contribution in [1.82, 2.24) is 0 Å². The molecule has 0 saturated heterocycles. The van der Waals surface area contributed by atoms with Crippen LogP contribution >= 0.6 is 0 Å². The molecule has 0 aromatic carbocycles. The van der Waals surface area contributed by atoms with Crippen LogP contribution in [-0.2, 0) is 4.79 Å². The van der Waals surface area contributed by atoms with Crippen molar-refractivity contribution < 1.29 is 9.90 Å². The Labute approximate surface area is 66.2 Å². The highest BCUT2D eigenvalue weighted by Crippen LogP contribution is 2.20. The van der Waals surface area contributed by atoms with Gasteiger partial charge in [0.25, 0.3) is 0 Å². The molecule has 1 unspecified atom stereocenters. The van der Waals surface area contributed by atoms with Crippen LogP contribution in [0.15, 0.2) is 23.8 Å². The van der Waals surface area contributed by atoms with Crippen LogP contribution in [0.5, 0.6) is 0 Å². The molecule has 2 nitrogen and oxygen atoms in total. The molecule has 11 heavy (non-hydrogen) atoms. The van der Waals surface area contributed by atoms with E-state index in [0.717, 1.165) is 12.8 Å². The van der Waals surface area contributed by atoms with E-state index in [-0.39, 0.29) is 0 Å². The molecular formula is C9H12O2. The Morgan fingerprint density at radius 2 is 2.45 bits per heavy atom. The van der Waals surface area contributed by atoms with Crippen molar-refractivity contribution in [2.24, 2.45) is 5.92 Å². The predicted molar refractivity (Wildman–Crippen MR) is 43.3 cm³/mol. The number of hydrogen-bond donors (Lipinski definition) is 1. The fourth-order valence-electron chi connectivity index (χ4n) is 1.22. The van der Waals surface area contributed by atoms with E-state index in [1.54, 1.807) is 6.08 Å². The number of carbonyl (C=O) groups is 1. The van der Waals surface area contributed by atoms with Gasteiger partial charge in [0.2, 0.25) is 0 Å². The molecule has 1 aliphatic carbocycles. The van der Waals surface area contributed by atoms with Gasteiger partial charge in [-0.1, -0.05) is 31.6 Å². The minimum atomic E-state index is -0.820. The molecule has 1 aliphatic rings. The lowest BCUT2D eigenvalue weighted by molar-refractivity contribution is -0.132. The zero-order valence-electron chi connectivity index (χ0n) is 6.58. The van der Waals surface area contributed by atoms with Crippen molar-refractivity contribution in [3.63, 3.8) is 0 Å². The van der Waals surface area contributed by atoms with Gasteiger partial charge in [0.1, 0.15) is 0 Å². The van der Waals surface area contributed by atoms with E-state index in [0.29, 0.717) is 11.5 Å². The van der Waals surface area contributed by atoms with E-state index in [2.05, 4.69) is 6.92 Å². The van der Waals surface area contributed by atoms with Crippen molar-refractivity contribution in [3.8, 4) is 0 Å². The summed E-state index contributed by atoms with van der Waals surface area (Å²) in [5.74, 6) is -0.467. The van der Waals surface area contributed by atoms with Gasteiger partial charge in [-0.3, -0.25) is 0 Å². The molecular weight excluding hydrogens is 140 g/mol. The Morgan fingerprint density at radius 1 is 1.73 bits per heavy atom. The first kappa shape index (κ1) is 8.05. The number of aliphatic carboxylic acids is 1. The van der Waals surface area contributed by atoms with Crippen LogP contribution in [0.1, 0.15) is 19.8 Å². The summed E-state index contributed by atoms with van der Waals surface area (Å²) in [4.78, 5) is 10.4. The molecule has 60 valence electrons. The van der Waals surface area contributed by atoms with Crippen molar-refractivity contribution in [1.29, 1.82) is 0 Å². The monoisotopic (exact) mass is 152 g/mol. The molecule has 0 spiro atoms. The van der Waals surface area contributed by atoms with Crippen LogP contribution < -0.4 is 0 Å². The number of carboxylic acids is 1. The topological polar surface area (TPSA) is 37.3 Å². The number of carboxylic acid groups (broad SMARTS) is 1. The fraction of sp³-hybridized carbons (Fsp3) is 0.444. The van der Waals surface area contributed by atoms with Gasteiger partial charge in [-0.25, -0.2) is 4.79 Å². The van der Waals surface area contributed by atoms with Gasteiger partial charge >= 0.3 is 5.97 Å². The Balaban J connectivity index is 2.56. The summed E-state index contributed by atoms with van der Waals surface area (Å²) in [5.41, 5.74) is 0.434. The molecule has 0 aliphatic heterocycles. The van der Waals surface area contributed by atoms with Crippen LogP contribution in [0.2, 0.25) is 0 Å². The van der Waals surface area contributed by atoms with Crippen molar-refractivity contribution >= 4 is 5.97 Å². The largest absolute Gasteiger partial charge is 0.478 e.